The molecule has 0 aromatic heterocycles. The number of hydrogen-bond acceptors (Lipinski definition) is 7. The Bertz CT molecular complexity index is 1400. The van der Waals surface area contributed by atoms with E-state index in [9.17, 15) is 19.0 Å². The molecule has 10 heteroatoms. The van der Waals surface area contributed by atoms with E-state index >= 15 is 0 Å². The number of esters is 1. The van der Waals surface area contributed by atoms with Crippen LogP contribution in [0, 0.1) is 0 Å². The van der Waals surface area contributed by atoms with Gasteiger partial charge in [0.1, 0.15) is 19.3 Å². The Morgan fingerprint density at radius 1 is 0.430 bits per heavy atom. The van der Waals surface area contributed by atoms with Crippen molar-refractivity contribution in [3.63, 3.8) is 0 Å². The molecule has 0 spiro atoms. The van der Waals surface area contributed by atoms with Gasteiger partial charge in [0.05, 0.1) is 33.8 Å². The van der Waals surface area contributed by atoms with E-state index in [4.69, 9.17) is 13.8 Å². The highest BCUT2D eigenvalue weighted by Crippen LogP contribution is 2.38. The summed E-state index contributed by atoms with van der Waals surface area (Å²) in [6, 6.07) is -0.889. The van der Waals surface area contributed by atoms with E-state index in [2.05, 4.69) is 38.2 Å². The molecule has 0 aliphatic heterocycles. The zero-order valence-corrected chi connectivity index (χ0v) is 54.5. The molecule has 0 radical (unpaired) electrons. The van der Waals surface area contributed by atoms with Gasteiger partial charge in [-0.3, -0.25) is 14.2 Å². The van der Waals surface area contributed by atoms with Crippen LogP contribution in [0.3, 0.4) is 0 Å². The number of carbonyl (C=O) groups excluding carboxylic acids is 2. The van der Waals surface area contributed by atoms with Crippen molar-refractivity contribution in [3.05, 3.63) is 24.3 Å². The van der Waals surface area contributed by atoms with Gasteiger partial charge >= 0.3 is 5.97 Å². The largest absolute Gasteiger partial charge is 0.756 e. The van der Waals surface area contributed by atoms with Crippen LogP contribution in [-0.4, -0.2) is 69.4 Å². The maximum atomic E-state index is 13.6. The van der Waals surface area contributed by atoms with E-state index in [1.54, 1.807) is 0 Å². The molecule has 0 rings (SSSR count). The van der Waals surface area contributed by atoms with Gasteiger partial charge in [0.25, 0.3) is 7.82 Å². The minimum atomic E-state index is -4.70. The Morgan fingerprint density at radius 2 is 0.734 bits per heavy atom. The van der Waals surface area contributed by atoms with Crippen molar-refractivity contribution < 1.29 is 37.3 Å². The lowest BCUT2D eigenvalue weighted by Gasteiger charge is -2.30. The van der Waals surface area contributed by atoms with E-state index in [0.29, 0.717) is 23.9 Å². The van der Waals surface area contributed by atoms with Crippen molar-refractivity contribution in [1.29, 1.82) is 0 Å². The van der Waals surface area contributed by atoms with Crippen LogP contribution in [0.2, 0.25) is 0 Å². The quantitative estimate of drug-likeness (QED) is 0.0212. The average Bonchev–Trinajstić information content (AvgIpc) is 3.41. The number of hydrogen-bond donors (Lipinski definition) is 1. The number of nitrogens with one attached hydrogen (secondary N) is 1. The number of unbranched alkanes of at least 4 members (excludes halogenated alkanes) is 46. The van der Waals surface area contributed by atoms with Gasteiger partial charge in [-0.25, -0.2) is 0 Å². The molecule has 3 atom stereocenters. The lowest BCUT2D eigenvalue weighted by Crippen LogP contribution is -2.47. The number of rotatable bonds is 64. The number of phosphoric ester groups is 1. The van der Waals surface area contributed by atoms with Gasteiger partial charge in [-0.15, -0.1) is 0 Å². The lowest BCUT2D eigenvalue weighted by molar-refractivity contribution is -0.870. The number of ether oxygens (including phenoxy) is 1. The molecule has 0 heterocycles. The molecule has 0 bridgehead atoms. The van der Waals surface area contributed by atoms with E-state index in [1.807, 2.05) is 33.3 Å². The van der Waals surface area contributed by atoms with Gasteiger partial charge in [-0.05, 0) is 57.4 Å². The minimum Gasteiger partial charge on any atom is -0.756 e. The van der Waals surface area contributed by atoms with Crippen LogP contribution in [0.5, 0.6) is 0 Å². The Morgan fingerprint density at radius 3 is 1.09 bits per heavy atom. The summed E-state index contributed by atoms with van der Waals surface area (Å²) >= 11 is 0. The number of phosphoric acid groups is 1. The highest BCUT2D eigenvalue weighted by molar-refractivity contribution is 7.45. The molecule has 0 fully saturated rings. The van der Waals surface area contributed by atoms with Gasteiger partial charge in [-0.2, -0.15) is 0 Å². The summed E-state index contributed by atoms with van der Waals surface area (Å²) in [5.41, 5.74) is 0. The highest BCUT2D eigenvalue weighted by atomic mass is 31.2. The SMILES string of the molecule is CCCCCCCC/C=C\CCCCCC(=O)OC(/C=C\CCCCCCCCCCCCC)C(COP(=O)([O-])OCC[N+](C)(C)C)NC(=O)CCCCCCCCCCCCCCCCCCCCCCCCCCCCC. The van der Waals surface area contributed by atoms with Crippen LogP contribution in [-0.2, 0) is 27.9 Å². The van der Waals surface area contributed by atoms with Crippen LogP contribution < -0.4 is 10.2 Å². The molecular weight excluding hydrogens is 1000 g/mol. The Balaban J connectivity index is 4.97. The second-order valence-corrected chi connectivity index (χ2v) is 26.5. The van der Waals surface area contributed by atoms with Crippen molar-refractivity contribution in [2.45, 2.75) is 367 Å². The maximum absolute atomic E-state index is 13.6. The molecule has 468 valence electrons. The summed E-state index contributed by atoms with van der Waals surface area (Å²) in [6.07, 6.45) is 71.7. The van der Waals surface area contributed by atoms with E-state index < -0.39 is 20.0 Å². The third-order valence-corrected chi connectivity index (χ3v) is 16.8. The lowest BCUT2D eigenvalue weighted by atomic mass is 10.0. The number of amides is 1. The second kappa shape index (κ2) is 59.6. The monoisotopic (exact) mass is 1140 g/mol. The van der Waals surface area contributed by atoms with Crippen LogP contribution in [0.4, 0.5) is 0 Å². The summed E-state index contributed by atoms with van der Waals surface area (Å²) in [4.78, 5) is 40.0. The summed E-state index contributed by atoms with van der Waals surface area (Å²) in [6.45, 7) is 6.88. The molecule has 1 amide bonds. The number of quaternary nitrogens is 1. The zero-order valence-electron chi connectivity index (χ0n) is 53.6. The molecule has 0 aromatic rings. The molecule has 0 saturated carbocycles. The first-order valence-corrected chi connectivity index (χ1v) is 36.1. The van der Waals surface area contributed by atoms with Crippen molar-refractivity contribution in [2.75, 3.05) is 40.9 Å². The summed E-state index contributed by atoms with van der Waals surface area (Å²) in [5.74, 6) is -0.540. The number of likely N-dealkylation sites (N-methyl/N-ethyl adjacent to an activating group) is 1. The summed E-state index contributed by atoms with van der Waals surface area (Å²) in [5, 5.41) is 3.04. The van der Waals surface area contributed by atoms with Crippen molar-refractivity contribution >= 4 is 19.7 Å². The standard InChI is InChI=1S/C69H135N2O7P/c1-7-10-13-16-19-22-25-28-29-30-31-32-33-34-35-36-37-38-39-40-41-44-46-49-52-55-58-61-68(72)70-66(65-77-79(74,75)76-64-63-71(4,5)6)67(60-57-54-51-48-45-42-26-23-20-17-14-11-8-2)78-69(73)62-59-56-53-50-47-43-27-24-21-18-15-12-9-3/h43,47,57,60,66-67H,7-42,44-46,48-56,58-59,61-65H2,1-6H3,(H-,70,72,74,75)/b47-43-,60-57-. The van der Waals surface area contributed by atoms with Gasteiger partial charge < -0.3 is 28.5 Å². The van der Waals surface area contributed by atoms with Crippen LogP contribution in [0.15, 0.2) is 24.3 Å². The fourth-order valence-electron chi connectivity index (χ4n) is 10.5. The molecule has 9 nitrogen and oxygen atoms in total. The number of carbonyl (C=O) groups is 2. The van der Waals surface area contributed by atoms with Crippen LogP contribution in [0.25, 0.3) is 0 Å². The predicted molar refractivity (Wildman–Crippen MR) is 340 cm³/mol. The molecule has 0 aromatic carbocycles. The molecular formula is C69H135N2O7P. The maximum Gasteiger partial charge on any atom is 0.306 e. The van der Waals surface area contributed by atoms with Crippen molar-refractivity contribution in [2.24, 2.45) is 0 Å². The normalized spacial score (nSPS) is 13.7. The van der Waals surface area contributed by atoms with Crippen molar-refractivity contribution in [3.8, 4) is 0 Å². The van der Waals surface area contributed by atoms with Gasteiger partial charge in [0, 0.05) is 12.8 Å². The Kier molecular flexibility index (Phi) is 58.5. The first-order valence-electron chi connectivity index (χ1n) is 34.6. The molecule has 0 aliphatic carbocycles. The minimum absolute atomic E-state index is 0.0207. The van der Waals surface area contributed by atoms with E-state index in [0.717, 1.165) is 64.2 Å². The van der Waals surface area contributed by atoms with Gasteiger partial charge in [0.2, 0.25) is 5.91 Å². The smallest absolute Gasteiger partial charge is 0.306 e. The first-order chi connectivity index (χ1) is 38.4. The molecule has 0 saturated heterocycles. The molecule has 0 aliphatic rings. The van der Waals surface area contributed by atoms with Gasteiger partial charge in [0.15, 0.2) is 0 Å². The van der Waals surface area contributed by atoms with Crippen LogP contribution >= 0.6 is 7.82 Å². The average molecular weight is 1140 g/mol. The van der Waals surface area contributed by atoms with Crippen molar-refractivity contribution in [1.82, 2.24) is 5.32 Å². The fraction of sp³-hybridized carbons (Fsp3) is 0.913. The fourth-order valence-corrected chi connectivity index (χ4v) is 11.2. The zero-order chi connectivity index (χ0) is 57.9. The molecule has 79 heavy (non-hydrogen) atoms. The number of nitrogens with zero attached hydrogens (tertiary/aromatic N) is 1. The second-order valence-electron chi connectivity index (χ2n) is 25.0. The number of allylic oxidation sites excluding steroid dienone is 3. The van der Waals surface area contributed by atoms with Gasteiger partial charge in [-0.1, -0.05) is 309 Å². The van der Waals surface area contributed by atoms with Crippen LogP contribution in [0.1, 0.15) is 355 Å². The Labute approximate surface area is 492 Å². The van der Waals surface area contributed by atoms with E-state index in [1.165, 1.54) is 250 Å². The third kappa shape index (κ3) is 60.9. The predicted octanol–water partition coefficient (Wildman–Crippen LogP) is 21.0. The molecule has 1 N–H and O–H groups in total. The highest BCUT2D eigenvalue weighted by Gasteiger charge is 2.27. The third-order valence-electron chi connectivity index (χ3n) is 15.9. The summed E-state index contributed by atoms with van der Waals surface area (Å²) < 4.78 is 30.4. The first kappa shape index (κ1) is 77.5. The Hall–Kier alpha value is -1.51. The topological polar surface area (TPSA) is 114 Å². The van der Waals surface area contributed by atoms with E-state index in [-0.39, 0.29) is 31.5 Å². The summed E-state index contributed by atoms with van der Waals surface area (Å²) in [7, 11) is 1.20. The molecule has 3 unspecified atom stereocenters.